The average molecular weight is 282 g/mol. The van der Waals surface area contributed by atoms with Gasteiger partial charge in [-0.2, -0.15) is 11.3 Å². The standard InChI is InChI=1S/C12H14N2O2S2/c1-9-2-3-11(6-12(9)13)18(15,16)14-7-10-4-5-17-8-10/h2-6,8,14H,7,13H2,1H3. The van der Waals surface area contributed by atoms with Crippen molar-refractivity contribution in [2.75, 3.05) is 5.73 Å². The molecule has 2 rings (SSSR count). The quantitative estimate of drug-likeness (QED) is 0.844. The van der Waals surface area contributed by atoms with Gasteiger partial charge in [0, 0.05) is 12.2 Å². The Balaban J connectivity index is 2.17. The van der Waals surface area contributed by atoms with Crippen molar-refractivity contribution in [3.05, 3.63) is 46.2 Å². The molecule has 1 heterocycles. The largest absolute Gasteiger partial charge is 0.398 e. The molecular formula is C12H14N2O2S2. The van der Waals surface area contributed by atoms with E-state index in [1.807, 2.05) is 23.8 Å². The van der Waals surface area contributed by atoms with Gasteiger partial charge in [0.15, 0.2) is 0 Å². The van der Waals surface area contributed by atoms with Gasteiger partial charge >= 0.3 is 0 Å². The van der Waals surface area contributed by atoms with E-state index in [4.69, 9.17) is 5.73 Å². The van der Waals surface area contributed by atoms with Crippen molar-refractivity contribution in [1.82, 2.24) is 4.72 Å². The van der Waals surface area contributed by atoms with Gasteiger partial charge in [-0.3, -0.25) is 0 Å². The van der Waals surface area contributed by atoms with Crippen molar-refractivity contribution in [2.45, 2.75) is 18.4 Å². The summed E-state index contributed by atoms with van der Waals surface area (Å²) in [5.41, 5.74) is 8.01. The number of nitrogens with one attached hydrogen (secondary N) is 1. The number of nitrogens with two attached hydrogens (primary N) is 1. The number of aryl methyl sites for hydroxylation is 1. The Hall–Kier alpha value is -1.37. The second-order valence-corrected chi connectivity index (χ2v) is 6.52. The summed E-state index contributed by atoms with van der Waals surface area (Å²) in [6, 6.07) is 6.62. The molecule has 0 unspecified atom stereocenters. The summed E-state index contributed by atoms with van der Waals surface area (Å²) < 4.78 is 26.6. The fraction of sp³-hybridized carbons (Fsp3) is 0.167. The van der Waals surface area contributed by atoms with E-state index in [1.165, 1.54) is 17.4 Å². The van der Waals surface area contributed by atoms with Crippen LogP contribution < -0.4 is 10.5 Å². The van der Waals surface area contributed by atoms with E-state index >= 15 is 0 Å². The molecule has 1 aromatic heterocycles. The lowest BCUT2D eigenvalue weighted by Crippen LogP contribution is -2.23. The lowest BCUT2D eigenvalue weighted by Gasteiger charge is -2.07. The summed E-state index contributed by atoms with van der Waals surface area (Å²) in [4.78, 5) is 0.195. The molecule has 4 nitrogen and oxygen atoms in total. The van der Waals surface area contributed by atoms with Crippen LogP contribution in [0.5, 0.6) is 0 Å². The molecule has 0 fully saturated rings. The number of thiophene rings is 1. The zero-order valence-electron chi connectivity index (χ0n) is 9.88. The van der Waals surface area contributed by atoms with Crippen molar-refractivity contribution >= 4 is 27.0 Å². The maximum Gasteiger partial charge on any atom is 0.240 e. The van der Waals surface area contributed by atoms with Gasteiger partial charge in [-0.25, -0.2) is 13.1 Å². The molecule has 96 valence electrons. The second-order valence-electron chi connectivity index (χ2n) is 3.97. The van der Waals surface area contributed by atoms with E-state index in [9.17, 15) is 8.42 Å². The van der Waals surface area contributed by atoms with Crippen LogP contribution in [-0.4, -0.2) is 8.42 Å². The number of anilines is 1. The summed E-state index contributed by atoms with van der Waals surface area (Å²) in [7, 11) is -3.50. The van der Waals surface area contributed by atoms with Crippen molar-refractivity contribution in [2.24, 2.45) is 0 Å². The average Bonchev–Trinajstić information content (AvgIpc) is 2.83. The van der Waals surface area contributed by atoms with Crippen LogP contribution in [0.4, 0.5) is 5.69 Å². The van der Waals surface area contributed by atoms with Crippen LogP contribution in [0.15, 0.2) is 39.9 Å². The van der Waals surface area contributed by atoms with Crippen LogP contribution >= 0.6 is 11.3 Å². The molecule has 0 bridgehead atoms. The molecule has 18 heavy (non-hydrogen) atoms. The van der Waals surface area contributed by atoms with Gasteiger partial charge < -0.3 is 5.73 Å². The third-order valence-electron chi connectivity index (χ3n) is 2.61. The highest BCUT2D eigenvalue weighted by atomic mass is 32.2. The topological polar surface area (TPSA) is 72.2 Å². The smallest absolute Gasteiger partial charge is 0.240 e. The van der Waals surface area contributed by atoms with Crippen LogP contribution in [0.3, 0.4) is 0 Å². The van der Waals surface area contributed by atoms with Gasteiger partial charge in [0.2, 0.25) is 10.0 Å². The van der Waals surface area contributed by atoms with Crippen LogP contribution in [0.2, 0.25) is 0 Å². The molecule has 0 spiro atoms. The Bertz CT molecular complexity index is 634. The molecule has 2 aromatic rings. The summed E-state index contributed by atoms with van der Waals surface area (Å²) in [5.74, 6) is 0. The van der Waals surface area contributed by atoms with Crippen molar-refractivity contribution in [1.29, 1.82) is 0 Å². The molecular weight excluding hydrogens is 268 g/mol. The van der Waals surface area contributed by atoms with Gasteiger partial charge in [-0.05, 0) is 47.0 Å². The lowest BCUT2D eigenvalue weighted by molar-refractivity contribution is 0.581. The predicted molar refractivity (Wildman–Crippen MR) is 73.9 cm³/mol. The molecule has 3 N–H and O–H groups in total. The predicted octanol–water partition coefficient (Wildman–Crippen LogP) is 2.12. The van der Waals surface area contributed by atoms with E-state index < -0.39 is 10.0 Å². The minimum absolute atomic E-state index is 0.195. The number of nitrogen functional groups attached to an aromatic ring is 1. The molecule has 0 atom stereocenters. The maximum atomic E-state index is 12.0. The highest BCUT2D eigenvalue weighted by molar-refractivity contribution is 7.89. The van der Waals surface area contributed by atoms with Crippen LogP contribution in [0.25, 0.3) is 0 Å². The van der Waals surface area contributed by atoms with Crippen molar-refractivity contribution in [3.63, 3.8) is 0 Å². The number of hydrogen-bond acceptors (Lipinski definition) is 4. The van der Waals surface area contributed by atoms with E-state index in [0.29, 0.717) is 12.2 Å². The first-order chi connectivity index (χ1) is 8.49. The summed E-state index contributed by atoms with van der Waals surface area (Å²) in [5, 5.41) is 3.82. The molecule has 0 aliphatic rings. The van der Waals surface area contributed by atoms with Gasteiger partial charge in [0.25, 0.3) is 0 Å². The minimum atomic E-state index is -3.50. The minimum Gasteiger partial charge on any atom is -0.398 e. The number of hydrogen-bond donors (Lipinski definition) is 2. The van der Waals surface area contributed by atoms with Crippen LogP contribution in [0.1, 0.15) is 11.1 Å². The first kappa shape index (κ1) is 13.1. The van der Waals surface area contributed by atoms with Crippen LogP contribution in [-0.2, 0) is 16.6 Å². The molecule has 0 aliphatic carbocycles. The van der Waals surface area contributed by atoms with Gasteiger partial charge in [-0.1, -0.05) is 6.07 Å². The van der Waals surface area contributed by atoms with E-state index in [-0.39, 0.29) is 4.90 Å². The van der Waals surface area contributed by atoms with Crippen LogP contribution in [0, 0.1) is 6.92 Å². The van der Waals surface area contributed by atoms with Gasteiger partial charge in [0.05, 0.1) is 4.90 Å². The van der Waals surface area contributed by atoms with Gasteiger partial charge in [0.1, 0.15) is 0 Å². The summed E-state index contributed by atoms with van der Waals surface area (Å²) >= 11 is 1.54. The van der Waals surface area contributed by atoms with Gasteiger partial charge in [-0.15, -0.1) is 0 Å². The number of sulfonamides is 1. The SMILES string of the molecule is Cc1ccc(S(=O)(=O)NCc2ccsc2)cc1N. The Labute approximate surface area is 111 Å². The number of rotatable bonds is 4. The molecule has 1 aromatic carbocycles. The van der Waals surface area contributed by atoms with Crippen molar-refractivity contribution < 1.29 is 8.42 Å². The Kier molecular flexibility index (Phi) is 3.70. The molecule has 0 radical (unpaired) electrons. The third-order valence-corrected chi connectivity index (χ3v) is 4.74. The Morgan fingerprint density at radius 2 is 2.11 bits per heavy atom. The second kappa shape index (κ2) is 5.09. The fourth-order valence-corrected chi connectivity index (χ4v) is 3.16. The Morgan fingerprint density at radius 3 is 2.72 bits per heavy atom. The third kappa shape index (κ3) is 2.90. The summed E-state index contributed by atoms with van der Waals surface area (Å²) in [6.07, 6.45) is 0. The molecule has 0 amide bonds. The monoisotopic (exact) mass is 282 g/mol. The van der Waals surface area contributed by atoms with E-state index in [1.54, 1.807) is 12.1 Å². The molecule has 0 saturated heterocycles. The fourth-order valence-electron chi connectivity index (χ4n) is 1.44. The highest BCUT2D eigenvalue weighted by Crippen LogP contribution is 2.17. The highest BCUT2D eigenvalue weighted by Gasteiger charge is 2.14. The molecule has 0 saturated carbocycles. The number of benzene rings is 1. The first-order valence-electron chi connectivity index (χ1n) is 5.36. The molecule has 6 heteroatoms. The zero-order chi connectivity index (χ0) is 13.2. The Morgan fingerprint density at radius 1 is 1.33 bits per heavy atom. The van der Waals surface area contributed by atoms with Crippen molar-refractivity contribution in [3.8, 4) is 0 Å². The zero-order valence-corrected chi connectivity index (χ0v) is 11.5. The normalized spacial score (nSPS) is 11.6. The summed E-state index contributed by atoms with van der Waals surface area (Å²) in [6.45, 7) is 2.13. The molecule has 0 aliphatic heterocycles. The first-order valence-corrected chi connectivity index (χ1v) is 7.78. The lowest BCUT2D eigenvalue weighted by atomic mass is 10.2. The van der Waals surface area contributed by atoms with E-state index in [2.05, 4.69) is 4.72 Å². The van der Waals surface area contributed by atoms with E-state index in [0.717, 1.165) is 11.1 Å². The maximum absolute atomic E-state index is 12.0.